The van der Waals surface area contributed by atoms with Gasteiger partial charge in [-0.2, -0.15) is 0 Å². The van der Waals surface area contributed by atoms with Crippen molar-refractivity contribution >= 4 is 17.2 Å². The molecule has 1 aliphatic heterocycles. The summed E-state index contributed by atoms with van der Waals surface area (Å²) < 4.78 is 0. The first-order valence-corrected chi connectivity index (χ1v) is 8.93. The second-order valence-electron chi connectivity index (χ2n) is 6.17. The molecule has 1 aliphatic rings. The van der Waals surface area contributed by atoms with Gasteiger partial charge in [-0.15, -0.1) is 11.3 Å². The summed E-state index contributed by atoms with van der Waals surface area (Å²) in [6, 6.07) is 8.53. The molecule has 5 heteroatoms. The number of amides is 1. The first-order valence-electron chi connectivity index (χ1n) is 8.11. The second-order valence-corrected chi connectivity index (χ2v) is 7.45. The van der Waals surface area contributed by atoms with Crippen LogP contribution in [0, 0.1) is 13.8 Å². The standard InChI is InChI=1S/C18H23N3OS/c1-12-5-7-14(8-6-12)18-16(23-13(2)20-18)10-17(22)21-9-3-4-15(21)11-19/h5-8,15H,3-4,9-11,19H2,1-2H3/t15-/m1/s1. The van der Waals surface area contributed by atoms with E-state index in [1.165, 1.54) is 5.56 Å². The van der Waals surface area contributed by atoms with Crippen molar-refractivity contribution in [2.45, 2.75) is 39.2 Å². The number of nitrogens with zero attached hydrogens (tertiary/aromatic N) is 2. The molecule has 2 aromatic rings. The maximum absolute atomic E-state index is 12.7. The number of carbonyl (C=O) groups excluding carboxylic acids is 1. The highest BCUT2D eigenvalue weighted by atomic mass is 32.1. The minimum absolute atomic E-state index is 0.176. The van der Waals surface area contributed by atoms with Crippen molar-refractivity contribution in [3.05, 3.63) is 39.7 Å². The molecule has 1 aromatic carbocycles. The first-order chi connectivity index (χ1) is 11.1. The van der Waals surface area contributed by atoms with E-state index in [2.05, 4.69) is 36.2 Å². The van der Waals surface area contributed by atoms with E-state index in [0.717, 1.165) is 40.5 Å². The van der Waals surface area contributed by atoms with E-state index in [1.807, 2.05) is 11.8 Å². The number of likely N-dealkylation sites (tertiary alicyclic amines) is 1. The van der Waals surface area contributed by atoms with E-state index < -0.39 is 0 Å². The van der Waals surface area contributed by atoms with Crippen LogP contribution < -0.4 is 5.73 Å². The van der Waals surface area contributed by atoms with Crippen LogP contribution in [0.15, 0.2) is 24.3 Å². The number of hydrogen-bond acceptors (Lipinski definition) is 4. The highest BCUT2D eigenvalue weighted by molar-refractivity contribution is 7.12. The lowest BCUT2D eigenvalue weighted by Crippen LogP contribution is -2.40. The molecule has 0 bridgehead atoms. The molecule has 2 N–H and O–H groups in total. The Labute approximate surface area is 141 Å². The van der Waals surface area contributed by atoms with Gasteiger partial charge in [0.05, 0.1) is 17.1 Å². The minimum atomic E-state index is 0.176. The van der Waals surface area contributed by atoms with Crippen molar-refractivity contribution in [1.82, 2.24) is 9.88 Å². The number of aryl methyl sites for hydroxylation is 2. The lowest BCUT2D eigenvalue weighted by Gasteiger charge is -2.23. The Hall–Kier alpha value is -1.72. The molecule has 122 valence electrons. The van der Waals surface area contributed by atoms with Crippen LogP contribution in [0.5, 0.6) is 0 Å². The number of hydrogen-bond donors (Lipinski definition) is 1. The zero-order chi connectivity index (χ0) is 16.4. The lowest BCUT2D eigenvalue weighted by molar-refractivity contribution is -0.131. The zero-order valence-electron chi connectivity index (χ0n) is 13.7. The van der Waals surface area contributed by atoms with E-state index in [4.69, 9.17) is 5.73 Å². The number of nitrogens with two attached hydrogens (primary N) is 1. The number of thiazole rings is 1. The van der Waals surface area contributed by atoms with Crippen LogP contribution in [-0.2, 0) is 11.2 Å². The summed E-state index contributed by atoms with van der Waals surface area (Å²) in [7, 11) is 0. The van der Waals surface area contributed by atoms with Crippen LogP contribution in [-0.4, -0.2) is 34.9 Å². The predicted molar refractivity (Wildman–Crippen MR) is 94.5 cm³/mol. The Kier molecular flexibility index (Phi) is 4.78. The number of rotatable bonds is 4. The van der Waals surface area contributed by atoms with E-state index in [9.17, 15) is 4.79 Å². The SMILES string of the molecule is Cc1ccc(-c2nc(C)sc2CC(=O)N2CCC[C@@H]2CN)cc1. The van der Waals surface area contributed by atoms with Crippen LogP contribution >= 0.6 is 11.3 Å². The van der Waals surface area contributed by atoms with Crippen molar-refractivity contribution in [3.63, 3.8) is 0 Å². The fraction of sp³-hybridized carbons (Fsp3) is 0.444. The lowest BCUT2D eigenvalue weighted by atomic mass is 10.1. The monoisotopic (exact) mass is 329 g/mol. The van der Waals surface area contributed by atoms with Gasteiger partial charge in [0.25, 0.3) is 0 Å². The second kappa shape index (κ2) is 6.81. The molecule has 1 amide bonds. The molecule has 0 spiro atoms. The Morgan fingerprint density at radius 1 is 1.35 bits per heavy atom. The summed E-state index contributed by atoms with van der Waals surface area (Å²) >= 11 is 1.62. The number of carbonyl (C=O) groups is 1. The maximum Gasteiger partial charge on any atom is 0.228 e. The first kappa shape index (κ1) is 16.1. The third-order valence-electron chi connectivity index (χ3n) is 4.41. The summed E-state index contributed by atoms with van der Waals surface area (Å²) in [5.41, 5.74) is 9.05. The molecule has 3 rings (SSSR count). The normalized spacial score (nSPS) is 17.7. The number of aromatic nitrogens is 1. The fourth-order valence-corrected chi connectivity index (χ4v) is 4.12. The molecule has 0 aliphatic carbocycles. The maximum atomic E-state index is 12.7. The molecule has 1 aromatic heterocycles. The smallest absolute Gasteiger partial charge is 0.228 e. The van der Waals surface area contributed by atoms with Crippen LogP contribution in [0.3, 0.4) is 0 Å². The minimum Gasteiger partial charge on any atom is -0.338 e. The van der Waals surface area contributed by atoms with Crippen LogP contribution in [0.25, 0.3) is 11.3 Å². The average molecular weight is 329 g/mol. The molecule has 2 heterocycles. The van der Waals surface area contributed by atoms with E-state index >= 15 is 0 Å². The molecule has 1 saturated heterocycles. The molecular weight excluding hydrogens is 306 g/mol. The van der Waals surface area contributed by atoms with E-state index in [-0.39, 0.29) is 11.9 Å². The topological polar surface area (TPSA) is 59.2 Å². The molecule has 0 saturated carbocycles. The van der Waals surface area contributed by atoms with Gasteiger partial charge in [0, 0.05) is 29.6 Å². The summed E-state index contributed by atoms with van der Waals surface area (Å²) in [5, 5.41) is 1.00. The molecule has 1 atom stereocenters. The zero-order valence-corrected chi connectivity index (χ0v) is 14.5. The van der Waals surface area contributed by atoms with Crippen LogP contribution in [0.4, 0.5) is 0 Å². The summed E-state index contributed by atoms with van der Waals surface area (Å²) in [5.74, 6) is 0.176. The van der Waals surface area contributed by atoms with Gasteiger partial charge in [-0.25, -0.2) is 4.98 Å². The third-order valence-corrected chi connectivity index (χ3v) is 5.38. The highest BCUT2D eigenvalue weighted by Crippen LogP contribution is 2.30. The van der Waals surface area contributed by atoms with E-state index in [1.54, 1.807) is 11.3 Å². The van der Waals surface area contributed by atoms with Gasteiger partial charge in [-0.05, 0) is 26.7 Å². The van der Waals surface area contributed by atoms with Crippen molar-refractivity contribution < 1.29 is 4.79 Å². The van der Waals surface area contributed by atoms with Gasteiger partial charge in [0.1, 0.15) is 0 Å². The Morgan fingerprint density at radius 3 is 2.78 bits per heavy atom. The quantitative estimate of drug-likeness (QED) is 0.938. The van der Waals surface area contributed by atoms with Gasteiger partial charge < -0.3 is 10.6 Å². The third kappa shape index (κ3) is 3.46. The van der Waals surface area contributed by atoms with Gasteiger partial charge in [0.15, 0.2) is 0 Å². The molecule has 23 heavy (non-hydrogen) atoms. The Bertz CT molecular complexity index is 693. The molecule has 1 fully saturated rings. The van der Waals surface area contributed by atoms with Crippen LogP contribution in [0.2, 0.25) is 0 Å². The highest BCUT2D eigenvalue weighted by Gasteiger charge is 2.28. The van der Waals surface area contributed by atoms with Crippen molar-refractivity contribution in [1.29, 1.82) is 0 Å². The Balaban J connectivity index is 1.83. The fourth-order valence-electron chi connectivity index (χ4n) is 3.17. The summed E-state index contributed by atoms with van der Waals surface area (Å²) in [6.45, 7) is 5.45. The molecular formula is C18H23N3OS. The van der Waals surface area contributed by atoms with Gasteiger partial charge in [-0.3, -0.25) is 4.79 Å². The average Bonchev–Trinajstić information content (AvgIpc) is 3.14. The predicted octanol–water partition coefficient (Wildman–Crippen LogP) is 2.92. The Morgan fingerprint density at radius 2 is 2.09 bits per heavy atom. The summed E-state index contributed by atoms with van der Waals surface area (Å²) in [6.07, 6.45) is 2.50. The van der Waals surface area contributed by atoms with Gasteiger partial charge in [-0.1, -0.05) is 29.8 Å². The van der Waals surface area contributed by atoms with Crippen molar-refractivity contribution in [2.24, 2.45) is 5.73 Å². The largest absolute Gasteiger partial charge is 0.338 e. The van der Waals surface area contributed by atoms with Crippen molar-refractivity contribution in [2.75, 3.05) is 13.1 Å². The van der Waals surface area contributed by atoms with Crippen molar-refractivity contribution in [3.8, 4) is 11.3 Å². The molecule has 0 unspecified atom stereocenters. The molecule has 4 nitrogen and oxygen atoms in total. The van der Waals surface area contributed by atoms with Crippen LogP contribution in [0.1, 0.15) is 28.3 Å². The van der Waals surface area contributed by atoms with E-state index in [0.29, 0.717) is 13.0 Å². The number of benzene rings is 1. The van der Waals surface area contributed by atoms with Gasteiger partial charge in [0.2, 0.25) is 5.91 Å². The molecule has 0 radical (unpaired) electrons. The summed E-state index contributed by atoms with van der Waals surface area (Å²) in [4.78, 5) is 20.3. The van der Waals surface area contributed by atoms with Gasteiger partial charge >= 0.3 is 0 Å².